The summed E-state index contributed by atoms with van der Waals surface area (Å²) in [5.74, 6) is 0.132. The number of hydrogen-bond acceptors (Lipinski definition) is 3. The van der Waals surface area contributed by atoms with Gasteiger partial charge < -0.3 is 10.0 Å². The summed E-state index contributed by atoms with van der Waals surface area (Å²) in [5.41, 5.74) is 0.416. The van der Waals surface area contributed by atoms with Gasteiger partial charge in [-0.15, -0.1) is 0 Å². The van der Waals surface area contributed by atoms with Gasteiger partial charge in [-0.3, -0.25) is 10.1 Å². The Bertz CT molecular complexity index is 441. The second kappa shape index (κ2) is 7.57. The fourth-order valence-corrected chi connectivity index (χ4v) is 2.76. The highest BCUT2D eigenvalue weighted by atomic mass is 16.3. The third kappa shape index (κ3) is 4.29. The van der Waals surface area contributed by atoms with Crippen molar-refractivity contribution in [1.82, 2.24) is 10.2 Å². The Labute approximate surface area is 127 Å². The summed E-state index contributed by atoms with van der Waals surface area (Å²) in [7, 11) is 0. The van der Waals surface area contributed by atoms with E-state index in [1.807, 2.05) is 42.2 Å². The van der Waals surface area contributed by atoms with Gasteiger partial charge in [0.2, 0.25) is 5.91 Å². The molecule has 1 unspecified atom stereocenters. The Hall–Kier alpha value is -1.39. The molecule has 1 heterocycles. The predicted octanol–water partition coefficient (Wildman–Crippen LogP) is 1.89. The molecule has 1 aromatic rings. The average molecular weight is 290 g/mol. The first-order valence-corrected chi connectivity index (χ1v) is 7.85. The standard InChI is InChI=1S/C17H26N2O2/c1-17(14-20,15-9-5-4-6-10-15)18-13-16(21)19-11-7-2-3-8-12-19/h4-6,9-10,18,20H,2-3,7-8,11-14H2,1H3. The third-order valence-electron chi connectivity index (χ3n) is 4.32. The highest BCUT2D eigenvalue weighted by Crippen LogP contribution is 2.19. The summed E-state index contributed by atoms with van der Waals surface area (Å²) in [6.45, 7) is 3.89. The van der Waals surface area contributed by atoms with E-state index >= 15 is 0 Å². The fraction of sp³-hybridized carbons (Fsp3) is 0.588. The first-order chi connectivity index (χ1) is 10.2. The number of rotatable bonds is 5. The molecule has 0 aliphatic carbocycles. The molecule has 0 radical (unpaired) electrons. The lowest BCUT2D eigenvalue weighted by Crippen LogP contribution is -2.48. The van der Waals surface area contributed by atoms with Crippen LogP contribution < -0.4 is 5.32 Å². The molecule has 1 aliphatic heterocycles. The van der Waals surface area contributed by atoms with Crippen molar-refractivity contribution in [3.8, 4) is 0 Å². The molecule has 1 amide bonds. The molecule has 2 rings (SSSR count). The van der Waals surface area contributed by atoms with E-state index in [2.05, 4.69) is 5.32 Å². The summed E-state index contributed by atoms with van der Waals surface area (Å²) in [4.78, 5) is 14.3. The molecule has 1 fully saturated rings. The van der Waals surface area contributed by atoms with Crippen molar-refractivity contribution < 1.29 is 9.90 Å². The average Bonchev–Trinajstić information content (AvgIpc) is 2.82. The van der Waals surface area contributed by atoms with Gasteiger partial charge in [0.1, 0.15) is 0 Å². The maximum absolute atomic E-state index is 12.3. The van der Waals surface area contributed by atoms with E-state index in [-0.39, 0.29) is 19.1 Å². The Morgan fingerprint density at radius 2 is 1.81 bits per heavy atom. The van der Waals surface area contributed by atoms with Gasteiger partial charge in [0.25, 0.3) is 0 Å². The van der Waals surface area contributed by atoms with Crippen LogP contribution in [0.5, 0.6) is 0 Å². The Balaban J connectivity index is 1.94. The third-order valence-corrected chi connectivity index (χ3v) is 4.32. The molecule has 0 saturated carbocycles. The number of aliphatic hydroxyl groups excluding tert-OH is 1. The van der Waals surface area contributed by atoms with E-state index in [1.165, 1.54) is 12.8 Å². The van der Waals surface area contributed by atoms with Crippen molar-refractivity contribution in [2.45, 2.75) is 38.1 Å². The number of amides is 1. The monoisotopic (exact) mass is 290 g/mol. The molecule has 116 valence electrons. The van der Waals surface area contributed by atoms with E-state index in [9.17, 15) is 9.90 Å². The number of carbonyl (C=O) groups excluding carboxylic acids is 1. The van der Waals surface area contributed by atoms with Crippen LogP contribution in [0.2, 0.25) is 0 Å². The second-order valence-corrected chi connectivity index (χ2v) is 6.00. The highest BCUT2D eigenvalue weighted by molar-refractivity contribution is 5.78. The maximum Gasteiger partial charge on any atom is 0.236 e. The van der Waals surface area contributed by atoms with Crippen molar-refractivity contribution in [1.29, 1.82) is 0 Å². The van der Waals surface area contributed by atoms with Gasteiger partial charge in [0.15, 0.2) is 0 Å². The van der Waals surface area contributed by atoms with Crippen molar-refractivity contribution in [2.75, 3.05) is 26.2 Å². The lowest BCUT2D eigenvalue weighted by molar-refractivity contribution is -0.130. The number of aliphatic hydroxyl groups is 1. The lowest BCUT2D eigenvalue weighted by atomic mass is 9.93. The van der Waals surface area contributed by atoms with Gasteiger partial charge in [-0.1, -0.05) is 43.2 Å². The van der Waals surface area contributed by atoms with Crippen molar-refractivity contribution in [3.05, 3.63) is 35.9 Å². The summed E-state index contributed by atoms with van der Waals surface area (Å²) < 4.78 is 0. The van der Waals surface area contributed by atoms with Gasteiger partial charge >= 0.3 is 0 Å². The van der Waals surface area contributed by atoms with E-state index < -0.39 is 5.54 Å². The second-order valence-electron chi connectivity index (χ2n) is 6.00. The van der Waals surface area contributed by atoms with Gasteiger partial charge in [0.05, 0.1) is 18.7 Å². The Morgan fingerprint density at radius 1 is 1.19 bits per heavy atom. The normalized spacial score (nSPS) is 18.9. The van der Waals surface area contributed by atoms with Crippen molar-refractivity contribution in [2.24, 2.45) is 0 Å². The molecule has 1 saturated heterocycles. The first-order valence-electron chi connectivity index (χ1n) is 7.85. The molecule has 4 heteroatoms. The quantitative estimate of drug-likeness (QED) is 0.870. The van der Waals surface area contributed by atoms with Gasteiger partial charge in [-0.25, -0.2) is 0 Å². The van der Waals surface area contributed by atoms with Crippen LogP contribution in [-0.2, 0) is 10.3 Å². The highest BCUT2D eigenvalue weighted by Gasteiger charge is 2.26. The zero-order chi connectivity index (χ0) is 15.1. The molecule has 4 nitrogen and oxygen atoms in total. The largest absolute Gasteiger partial charge is 0.394 e. The minimum absolute atomic E-state index is 0.0374. The molecule has 0 aromatic heterocycles. The van der Waals surface area contributed by atoms with E-state index in [1.54, 1.807) is 0 Å². The SMILES string of the molecule is CC(CO)(NCC(=O)N1CCCCCC1)c1ccccc1. The molecule has 2 N–H and O–H groups in total. The number of nitrogens with zero attached hydrogens (tertiary/aromatic N) is 1. The molecule has 1 atom stereocenters. The Kier molecular flexibility index (Phi) is 5.76. The summed E-state index contributed by atoms with van der Waals surface area (Å²) in [6, 6.07) is 9.78. The topological polar surface area (TPSA) is 52.6 Å². The van der Waals surface area contributed by atoms with Crippen LogP contribution in [0.4, 0.5) is 0 Å². The number of hydrogen-bond donors (Lipinski definition) is 2. The number of carbonyl (C=O) groups is 1. The van der Waals surface area contributed by atoms with Gasteiger partial charge in [-0.2, -0.15) is 0 Å². The summed E-state index contributed by atoms with van der Waals surface area (Å²) >= 11 is 0. The van der Waals surface area contributed by atoms with Crippen LogP contribution in [0.1, 0.15) is 38.2 Å². The fourth-order valence-electron chi connectivity index (χ4n) is 2.76. The smallest absolute Gasteiger partial charge is 0.236 e. The van der Waals surface area contributed by atoms with E-state index in [0.29, 0.717) is 0 Å². The van der Waals surface area contributed by atoms with Gasteiger partial charge in [0, 0.05) is 13.1 Å². The first kappa shape index (κ1) is 16.0. The number of likely N-dealkylation sites (tertiary alicyclic amines) is 1. The van der Waals surface area contributed by atoms with Crippen LogP contribution in [0.3, 0.4) is 0 Å². The maximum atomic E-state index is 12.3. The summed E-state index contributed by atoms with van der Waals surface area (Å²) in [5, 5.41) is 13.0. The minimum atomic E-state index is -0.581. The van der Waals surface area contributed by atoms with Crippen molar-refractivity contribution >= 4 is 5.91 Å². The molecule has 1 aliphatic rings. The predicted molar refractivity (Wildman–Crippen MR) is 83.9 cm³/mol. The number of nitrogens with one attached hydrogen (secondary N) is 1. The molecule has 0 bridgehead atoms. The Morgan fingerprint density at radius 3 is 2.38 bits per heavy atom. The van der Waals surface area contributed by atoms with Crippen LogP contribution in [0.15, 0.2) is 30.3 Å². The summed E-state index contributed by atoms with van der Waals surface area (Å²) in [6.07, 6.45) is 4.63. The van der Waals surface area contributed by atoms with Gasteiger partial charge in [-0.05, 0) is 25.3 Å². The molecular formula is C17H26N2O2. The molecular weight excluding hydrogens is 264 g/mol. The minimum Gasteiger partial charge on any atom is -0.394 e. The van der Waals surface area contributed by atoms with Crippen LogP contribution in [0.25, 0.3) is 0 Å². The molecule has 1 aromatic carbocycles. The molecule has 21 heavy (non-hydrogen) atoms. The van der Waals surface area contributed by atoms with E-state index in [4.69, 9.17) is 0 Å². The van der Waals surface area contributed by atoms with Crippen LogP contribution in [0, 0.1) is 0 Å². The van der Waals surface area contributed by atoms with Crippen molar-refractivity contribution in [3.63, 3.8) is 0 Å². The lowest BCUT2D eigenvalue weighted by Gasteiger charge is -2.30. The molecule has 0 spiro atoms. The zero-order valence-corrected chi connectivity index (χ0v) is 12.8. The van der Waals surface area contributed by atoms with Crippen LogP contribution in [-0.4, -0.2) is 42.2 Å². The van der Waals surface area contributed by atoms with E-state index in [0.717, 1.165) is 31.5 Å². The zero-order valence-electron chi connectivity index (χ0n) is 12.8. The van der Waals surface area contributed by atoms with Crippen LogP contribution >= 0.6 is 0 Å². The number of benzene rings is 1.